The smallest absolute Gasteiger partial charge is 0.324 e. The molecule has 0 bridgehead atoms. The molecule has 0 radical (unpaired) electrons. The SMILES string of the molecule is CC(CP(=O)(O)O)C(C)(P(=O)(O)O)P(=O)(O)O. The van der Waals surface area contributed by atoms with Gasteiger partial charge in [0.05, 0.1) is 6.16 Å². The summed E-state index contributed by atoms with van der Waals surface area (Å²) in [5.74, 6) is -1.56. The van der Waals surface area contributed by atoms with Crippen LogP contribution in [0.25, 0.3) is 0 Å². The lowest BCUT2D eigenvalue weighted by molar-refractivity contribution is 0.284. The monoisotopic (exact) mass is 312 g/mol. The maximum absolute atomic E-state index is 11.2. The van der Waals surface area contributed by atoms with Gasteiger partial charge >= 0.3 is 22.8 Å². The molecular formula is C5H15O9P3. The molecule has 0 aliphatic carbocycles. The Balaban J connectivity index is 5.62. The molecule has 0 aliphatic rings. The summed E-state index contributed by atoms with van der Waals surface area (Å²) in [5, 5.41) is 0. The van der Waals surface area contributed by atoms with E-state index in [1.54, 1.807) is 0 Å². The lowest BCUT2D eigenvalue weighted by Crippen LogP contribution is -2.35. The Labute approximate surface area is 97.4 Å². The van der Waals surface area contributed by atoms with Gasteiger partial charge in [0, 0.05) is 0 Å². The summed E-state index contributed by atoms with van der Waals surface area (Å²) >= 11 is 0. The van der Waals surface area contributed by atoms with Crippen molar-refractivity contribution >= 4 is 22.8 Å². The molecule has 0 amide bonds. The molecule has 0 fully saturated rings. The fraction of sp³-hybridized carbons (Fsp3) is 1.00. The van der Waals surface area contributed by atoms with Gasteiger partial charge in [-0.25, -0.2) is 0 Å². The van der Waals surface area contributed by atoms with Crippen molar-refractivity contribution in [3.05, 3.63) is 0 Å². The molecule has 0 saturated heterocycles. The minimum Gasteiger partial charge on any atom is -0.324 e. The minimum absolute atomic E-state index is 0.620. The highest BCUT2D eigenvalue weighted by Gasteiger charge is 2.60. The number of hydrogen-bond donors (Lipinski definition) is 6. The summed E-state index contributed by atoms with van der Waals surface area (Å²) in [4.78, 5) is 50.6. The van der Waals surface area contributed by atoms with Crippen molar-refractivity contribution in [3.63, 3.8) is 0 Å². The van der Waals surface area contributed by atoms with Crippen molar-refractivity contribution in [3.8, 4) is 0 Å². The van der Waals surface area contributed by atoms with E-state index in [1.165, 1.54) is 0 Å². The van der Waals surface area contributed by atoms with Crippen molar-refractivity contribution in [1.82, 2.24) is 0 Å². The van der Waals surface area contributed by atoms with Crippen LogP contribution in [0.5, 0.6) is 0 Å². The van der Waals surface area contributed by atoms with Crippen molar-refractivity contribution in [1.29, 1.82) is 0 Å². The molecule has 0 aromatic carbocycles. The Morgan fingerprint density at radius 2 is 1.24 bits per heavy atom. The van der Waals surface area contributed by atoms with Crippen LogP contribution in [-0.2, 0) is 13.7 Å². The molecule has 1 atom stereocenters. The molecule has 104 valence electrons. The van der Waals surface area contributed by atoms with E-state index >= 15 is 0 Å². The van der Waals surface area contributed by atoms with E-state index < -0.39 is 39.8 Å². The molecule has 0 rings (SSSR count). The van der Waals surface area contributed by atoms with Crippen LogP contribution < -0.4 is 0 Å². The normalized spacial score (nSPS) is 16.9. The van der Waals surface area contributed by atoms with Crippen molar-refractivity contribution < 1.29 is 43.1 Å². The van der Waals surface area contributed by atoms with Crippen LogP contribution in [0.15, 0.2) is 0 Å². The van der Waals surface area contributed by atoms with Crippen molar-refractivity contribution in [2.75, 3.05) is 6.16 Å². The first kappa shape index (κ1) is 17.4. The van der Waals surface area contributed by atoms with E-state index in [9.17, 15) is 13.7 Å². The Hall–Kier alpha value is 0.450. The molecule has 17 heavy (non-hydrogen) atoms. The molecule has 0 saturated carbocycles. The van der Waals surface area contributed by atoms with E-state index in [0.29, 0.717) is 6.92 Å². The molecule has 0 aliphatic heterocycles. The van der Waals surface area contributed by atoms with Gasteiger partial charge in [-0.05, 0) is 12.8 Å². The molecule has 0 spiro atoms. The second-order valence-corrected chi connectivity index (χ2v) is 10.0. The Bertz CT molecular complexity index is 390. The standard InChI is InChI=1S/C5H15O9P3/c1-4(3-15(6,7)8)5(2,16(9,10)11)17(12,13)14/h4H,3H2,1-2H3,(H2,6,7,8)(H2,9,10,11)(H2,12,13,14). The van der Waals surface area contributed by atoms with Crippen LogP contribution >= 0.6 is 22.8 Å². The van der Waals surface area contributed by atoms with Gasteiger partial charge in [-0.3, -0.25) is 13.7 Å². The third kappa shape index (κ3) is 3.96. The van der Waals surface area contributed by atoms with Gasteiger partial charge in [0.2, 0.25) is 0 Å². The highest BCUT2D eigenvalue weighted by atomic mass is 31.2. The van der Waals surface area contributed by atoms with Gasteiger partial charge in [0.25, 0.3) is 0 Å². The van der Waals surface area contributed by atoms with E-state index in [4.69, 9.17) is 29.4 Å². The first-order valence-electron chi connectivity index (χ1n) is 4.29. The molecule has 0 aromatic heterocycles. The van der Waals surface area contributed by atoms with Gasteiger partial charge in [0.15, 0.2) is 4.90 Å². The maximum Gasteiger partial charge on any atom is 0.343 e. The van der Waals surface area contributed by atoms with Gasteiger partial charge in [-0.2, -0.15) is 0 Å². The predicted molar refractivity (Wildman–Crippen MR) is 58.6 cm³/mol. The van der Waals surface area contributed by atoms with E-state index in [-0.39, 0.29) is 0 Å². The first-order valence-corrected chi connectivity index (χ1v) is 9.31. The van der Waals surface area contributed by atoms with Crippen molar-refractivity contribution in [2.24, 2.45) is 5.92 Å². The molecule has 9 nitrogen and oxygen atoms in total. The van der Waals surface area contributed by atoms with E-state index in [2.05, 4.69) is 0 Å². The first-order chi connectivity index (χ1) is 7.13. The average Bonchev–Trinajstić information content (AvgIpc) is 1.94. The molecule has 0 aromatic rings. The van der Waals surface area contributed by atoms with Crippen molar-refractivity contribution in [2.45, 2.75) is 18.7 Å². The summed E-state index contributed by atoms with van der Waals surface area (Å²) in [6.07, 6.45) is -1.03. The Morgan fingerprint density at radius 3 is 1.41 bits per heavy atom. The van der Waals surface area contributed by atoms with Crippen LogP contribution in [0.3, 0.4) is 0 Å². The Kier molecular flexibility index (Phi) is 4.98. The third-order valence-corrected chi connectivity index (χ3v) is 8.45. The van der Waals surface area contributed by atoms with Crippen LogP contribution in [0.1, 0.15) is 13.8 Å². The topological polar surface area (TPSA) is 173 Å². The van der Waals surface area contributed by atoms with Crippen LogP contribution in [0.4, 0.5) is 0 Å². The molecular weight excluding hydrogens is 297 g/mol. The highest BCUT2D eigenvalue weighted by Crippen LogP contribution is 2.72. The zero-order valence-corrected chi connectivity index (χ0v) is 11.7. The zero-order valence-electron chi connectivity index (χ0n) is 9.03. The van der Waals surface area contributed by atoms with Gasteiger partial charge in [0.1, 0.15) is 0 Å². The lowest BCUT2D eigenvalue weighted by Gasteiger charge is -2.36. The summed E-state index contributed by atoms with van der Waals surface area (Å²) in [6.45, 7) is 1.59. The van der Waals surface area contributed by atoms with Crippen LogP contribution in [0.2, 0.25) is 0 Å². The fourth-order valence-corrected chi connectivity index (χ4v) is 5.33. The predicted octanol–water partition coefficient (Wildman–Crippen LogP) is -0.128. The van der Waals surface area contributed by atoms with Gasteiger partial charge < -0.3 is 29.4 Å². The second-order valence-electron chi connectivity index (χ2n) is 3.93. The molecule has 0 heterocycles. The third-order valence-electron chi connectivity index (χ3n) is 2.62. The number of rotatable bonds is 5. The second kappa shape index (κ2) is 4.85. The highest BCUT2D eigenvalue weighted by molar-refractivity contribution is 7.72. The van der Waals surface area contributed by atoms with Crippen LogP contribution in [0, 0.1) is 5.92 Å². The number of hydrogen-bond acceptors (Lipinski definition) is 3. The molecule has 6 N–H and O–H groups in total. The quantitative estimate of drug-likeness (QED) is 0.378. The zero-order chi connectivity index (χ0) is 14.3. The molecule has 12 heteroatoms. The van der Waals surface area contributed by atoms with Gasteiger partial charge in [-0.1, -0.05) is 6.92 Å². The summed E-state index contributed by atoms with van der Waals surface area (Å²) in [7, 11) is -15.2. The summed E-state index contributed by atoms with van der Waals surface area (Å²) in [6, 6.07) is 0. The van der Waals surface area contributed by atoms with E-state index in [0.717, 1.165) is 6.92 Å². The maximum atomic E-state index is 11.2. The summed E-state index contributed by atoms with van der Waals surface area (Å²) < 4.78 is 33.1. The van der Waals surface area contributed by atoms with Gasteiger partial charge in [-0.15, -0.1) is 0 Å². The lowest BCUT2D eigenvalue weighted by atomic mass is 10.1. The fourth-order valence-electron chi connectivity index (χ4n) is 1.27. The molecule has 1 unspecified atom stereocenters. The Morgan fingerprint density at radius 1 is 0.941 bits per heavy atom. The van der Waals surface area contributed by atoms with Crippen LogP contribution in [-0.4, -0.2) is 40.4 Å². The summed E-state index contributed by atoms with van der Waals surface area (Å²) in [5.41, 5.74) is 0. The minimum atomic E-state index is -5.26. The van der Waals surface area contributed by atoms with E-state index in [1.807, 2.05) is 0 Å². The average molecular weight is 312 g/mol. The largest absolute Gasteiger partial charge is 0.343 e.